The number of aromatic nitrogens is 2. The molecule has 31 heavy (non-hydrogen) atoms. The Morgan fingerprint density at radius 2 is 1.94 bits per heavy atom. The molecule has 0 aliphatic heterocycles. The Balaban J connectivity index is 1.65. The Morgan fingerprint density at radius 1 is 1.16 bits per heavy atom. The summed E-state index contributed by atoms with van der Waals surface area (Å²) in [6, 6.07) is 9.37. The van der Waals surface area contributed by atoms with E-state index in [0.717, 1.165) is 43.5 Å². The summed E-state index contributed by atoms with van der Waals surface area (Å²) in [4.78, 5) is 17.1. The Labute approximate surface area is 183 Å². The molecule has 3 aromatic rings. The average Bonchev–Trinajstić information content (AvgIpc) is 3.04. The second-order valence-corrected chi connectivity index (χ2v) is 8.55. The maximum atomic E-state index is 13.3. The SMILES string of the molecule is O=C(Cc1cccc(Cl)c1)Nc1nc2ccc(C(F)(F)F)cn2c1CC1CCCCC1. The molecule has 1 fully saturated rings. The van der Waals surface area contributed by atoms with Gasteiger partial charge in [-0.25, -0.2) is 4.98 Å². The van der Waals surface area contributed by atoms with Gasteiger partial charge in [0.15, 0.2) is 5.82 Å². The standard InChI is InChI=1S/C23H23ClF3N3O/c24-18-8-4-7-16(11-18)13-21(31)29-22-19(12-15-5-2-1-3-6-15)30-14-17(23(25,26)27)9-10-20(30)28-22/h4,7-11,14-15H,1-3,5-6,12-13H2,(H,29,31). The number of halogens is 4. The van der Waals surface area contributed by atoms with Crippen LogP contribution < -0.4 is 5.32 Å². The quantitative estimate of drug-likeness (QED) is 0.496. The van der Waals surface area contributed by atoms with Crippen LogP contribution in [0.3, 0.4) is 0 Å². The molecular formula is C23H23ClF3N3O. The first kappa shape index (κ1) is 21.7. The van der Waals surface area contributed by atoms with Gasteiger partial charge < -0.3 is 9.72 Å². The fourth-order valence-corrected chi connectivity index (χ4v) is 4.44. The Kier molecular flexibility index (Phi) is 6.23. The van der Waals surface area contributed by atoms with Crippen LogP contribution in [0.5, 0.6) is 0 Å². The van der Waals surface area contributed by atoms with Crippen LogP contribution in [0.2, 0.25) is 5.02 Å². The van der Waals surface area contributed by atoms with Crippen LogP contribution in [-0.2, 0) is 23.8 Å². The van der Waals surface area contributed by atoms with Crippen molar-refractivity contribution in [2.45, 2.75) is 51.1 Å². The highest BCUT2D eigenvalue weighted by atomic mass is 35.5. The van der Waals surface area contributed by atoms with Crippen LogP contribution in [0.15, 0.2) is 42.6 Å². The summed E-state index contributed by atoms with van der Waals surface area (Å²) in [7, 11) is 0. The van der Waals surface area contributed by atoms with Crippen LogP contribution in [0.1, 0.15) is 48.9 Å². The smallest absolute Gasteiger partial charge is 0.309 e. The summed E-state index contributed by atoms with van der Waals surface area (Å²) in [6.07, 6.45) is 2.79. The van der Waals surface area contributed by atoms with Crippen LogP contribution >= 0.6 is 11.6 Å². The number of rotatable bonds is 5. The molecule has 4 rings (SSSR count). The molecule has 0 spiro atoms. The zero-order valence-corrected chi connectivity index (χ0v) is 17.6. The monoisotopic (exact) mass is 449 g/mol. The second kappa shape index (κ2) is 8.91. The van der Waals surface area contributed by atoms with Gasteiger partial charge in [0, 0.05) is 11.2 Å². The summed E-state index contributed by atoms with van der Waals surface area (Å²) >= 11 is 5.99. The van der Waals surface area contributed by atoms with Gasteiger partial charge in [0.2, 0.25) is 5.91 Å². The fraction of sp³-hybridized carbons (Fsp3) is 0.391. The molecule has 2 heterocycles. The summed E-state index contributed by atoms with van der Waals surface area (Å²) in [5.74, 6) is 0.412. The highest BCUT2D eigenvalue weighted by Crippen LogP contribution is 2.33. The van der Waals surface area contributed by atoms with E-state index in [1.54, 1.807) is 24.3 Å². The number of nitrogens with one attached hydrogen (secondary N) is 1. The van der Waals surface area contributed by atoms with Gasteiger partial charge in [0.25, 0.3) is 0 Å². The topological polar surface area (TPSA) is 46.4 Å². The second-order valence-electron chi connectivity index (χ2n) is 8.11. The van der Waals surface area contributed by atoms with Crippen molar-refractivity contribution in [3.8, 4) is 0 Å². The first-order chi connectivity index (χ1) is 14.8. The zero-order valence-electron chi connectivity index (χ0n) is 16.9. The number of alkyl halides is 3. The molecule has 0 atom stereocenters. The van der Waals surface area contributed by atoms with Crippen molar-refractivity contribution < 1.29 is 18.0 Å². The maximum absolute atomic E-state index is 13.3. The highest BCUT2D eigenvalue weighted by Gasteiger charge is 2.31. The number of carbonyl (C=O) groups excluding carboxylic acids is 1. The molecule has 1 aromatic carbocycles. The Hall–Kier alpha value is -2.54. The predicted molar refractivity (Wildman–Crippen MR) is 114 cm³/mol. The number of anilines is 1. The zero-order chi connectivity index (χ0) is 22.0. The van der Waals surface area contributed by atoms with E-state index >= 15 is 0 Å². The number of pyridine rings is 1. The van der Waals surface area contributed by atoms with Crippen molar-refractivity contribution in [1.29, 1.82) is 0 Å². The van der Waals surface area contributed by atoms with Crippen molar-refractivity contribution in [2.75, 3.05) is 5.32 Å². The summed E-state index contributed by atoms with van der Waals surface area (Å²) in [6.45, 7) is 0. The lowest BCUT2D eigenvalue weighted by Crippen LogP contribution is -2.18. The molecule has 0 saturated heterocycles. The minimum atomic E-state index is -4.45. The minimum Gasteiger partial charge on any atom is -0.309 e. The molecule has 4 nitrogen and oxygen atoms in total. The van der Waals surface area contributed by atoms with E-state index in [4.69, 9.17) is 11.6 Å². The first-order valence-electron chi connectivity index (χ1n) is 10.4. The van der Waals surface area contributed by atoms with Gasteiger partial charge in [-0.15, -0.1) is 0 Å². The number of benzene rings is 1. The van der Waals surface area contributed by atoms with Gasteiger partial charge in [0.1, 0.15) is 5.65 Å². The predicted octanol–water partition coefficient (Wildman–Crippen LogP) is 6.31. The first-order valence-corrected chi connectivity index (χ1v) is 10.8. The Morgan fingerprint density at radius 3 is 2.65 bits per heavy atom. The van der Waals surface area contributed by atoms with Crippen molar-refractivity contribution in [1.82, 2.24) is 9.38 Å². The average molecular weight is 450 g/mol. The molecule has 2 aromatic heterocycles. The lowest BCUT2D eigenvalue weighted by molar-refractivity contribution is -0.137. The fourth-order valence-electron chi connectivity index (χ4n) is 4.23. The van der Waals surface area contributed by atoms with Crippen LogP contribution in [0.4, 0.5) is 19.0 Å². The number of imidazole rings is 1. The lowest BCUT2D eigenvalue weighted by Gasteiger charge is -2.22. The molecule has 1 N–H and O–H groups in total. The number of hydrogen-bond donors (Lipinski definition) is 1. The molecule has 8 heteroatoms. The molecule has 1 aliphatic rings. The van der Waals surface area contributed by atoms with Gasteiger partial charge >= 0.3 is 6.18 Å². The normalized spacial score (nSPS) is 15.4. The largest absolute Gasteiger partial charge is 0.417 e. The number of nitrogens with zero attached hydrogens (tertiary/aromatic N) is 2. The molecule has 0 radical (unpaired) electrons. The van der Waals surface area contributed by atoms with E-state index < -0.39 is 11.7 Å². The summed E-state index contributed by atoms with van der Waals surface area (Å²) < 4.78 is 41.3. The number of hydrogen-bond acceptors (Lipinski definition) is 2. The van der Waals surface area contributed by atoms with Crippen LogP contribution in [0, 0.1) is 5.92 Å². The van der Waals surface area contributed by atoms with E-state index in [2.05, 4.69) is 10.3 Å². The van der Waals surface area contributed by atoms with E-state index in [1.165, 1.54) is 16.9 Å². The maximum Gasteiger partial charge on any atom is 0.417 e. The van der Waals surface area contributed by atoms with Crippen LogP contribution in [-0.4, -0.2) is 15.3 Å². The molecule has 1 aliphatic carbocycles. The van der Waals surface area contributed by atoms with Crippen molar-refractivity contribution in [3.63, 3.8) is 0 Å². The molecular weight excluding hydrogens is 427 g/mol. The highest BCUT2D eigenvalue weighted by molar-refractivity contribution is 6.30. The van der Waals surface area contributed by atoms with Crippen molar-refractivity contribution in [3.05, 3.63) is 64.4 Å². The van der Waals surface area contributed by atoms with E-state index in [1.807, 2.05) is 0 Å². The van der Waals surface area contributed by atoms with Crippen molar-refractivity contribution >= 4 is 29.0 Å². The molecule has 1 saturated carbocycles. The minimum absolute atomic E-state index is 0.102. The molecule has 1 amide bonds. The van der Waals surface area contributed by atoms with E-state index in [9.17, 15) is 18.0 Å². The van der Waals surface area contributed by atoms with Gasteiger partial charge in [-0.2, -0.15) is 13.2 Å². The number of amides is 1. The lowest BCUT2D eigenvalue weighted by atomic mass is 9.86. The molecule has 0 unspecified atom stereocenters. The van der Waals surface area contributed by atoms with Crippen LogP contribution in [0.25, 0.3) is 5.65 Å². The number of fused-ring (bicyclic) bond motifs is 1. The third-order valence-electron chi connectivity index (χ3n) is 5.76. The third-order valence-corrected chi connectivity index (χ3v) is 6.00. The third kappa shape index (κ3) is 5.21. The van der Waals surface area contributed by atoms with Gasteiger partial charge in [0.05, 0.1) is 17.7 Å². The molecule has 0 bridgehead atoms. The Bertz CT molecular complexity index is 1090. The summed E-state index contributed by atoms with van der Waals surface area (Å²) in [5, 5.41) is 3.36. The van der Waals surface area contributed by atoms with E-state index in [-0.39, 0.29) is 12.3 Å². The number of carbonyl (C=O) groups is 1. The van der Waals surface area contributed by atoms with Gasteiger partial charge in [-0.05, 0) is 42.2 Å². The van der Waals surface area contributed by atoms with Gasteiger partial charge in [-0.1, -0.05) is 55.8 Å². The summed E-state index contributed by atoms with van der Waals surface area (Å²) in [5.41, 5.74) is 1.02. The molecule has 164 valence electrons. The van der Waals surface area contributed by atoms with E-state index in [0.29, 0.717) is 34.5 Å². The van der Waals surface area contributed by atoms with Gasteiger partial charge in [-0.3, -0.25) is 4.79 Å². The van der Waals surface area contributed by atoms with Crippen molar-refractivity contribution in [2.24, 2.45) is 5.92 Å².